The van der Waals surface area contributed by atoms with Crippen molar-refractivity contribution in [2.75, 3.05) is 20.1 Å². The molecule has 0 bridgehead atoms. The topological polar surface area (TPSA) is 29.3 Å². The molecule has 2 aliphatic rings. The van der Waals surface area contributed by atoms with E-state index in [-0.39, 0.29) is 5.54 Å². The molecule has 1 aliphatic heterocycles. The van der Waals surface area contributed by atoms with Crippen LogP contribution in [0.4, 0.5) is 0 Å². The van der Waals surface area contributed by atoms with Gasteiger partial charge in [0, 0.05) is 5.54 Å². The van der Waals surface area contributed by atoms with Gasteiger partial charge in [-0.25, -0.2) is 0 Å². The third-order valence-electron chi connectivity index (χ3n) is 4.28. The zero-order valence-electron chi connectivity index (χ0n) is 9.68. The van der Waals surface area contributed by atoms with E-state index < -0.39 is 0 Å². The molecule has 1 atom stereocenters. The van der Waals surface area contributed by atoms with Crippen molar-refractivity contribution >= 4 is 0 Å². The molecule has 0 aromatic heterocycles. The van der Waals surface area contributed by atoms with Gasteiger partial charge < -0.3 is 10.6 Å². The zero-order valence-corrected chi connectivity index (χ0v) is 9.68. The van der Waals surface area contributed by atoms with Crippen molar-refractivity contribution in [1.82, 2.24) is 4.90 Å². The Bertz CT molecular complexity index is 202. The lowest BCUT2D eigenvalue weighted by Gasteiger charge is -2.48. The Morgan fingerprint density at radius 3 is 2.29 bits per heavy atom. The van der Waals surface area contributed by atoms with Crippen molar-refractivity contribution in [2.45, 2.75) is 51.0 Å². The lowest BCUT2D eigenvalue weighted by molar-refractivity contribution is 0.0489. The summed E-state index contributed by atoms with van der Waals surface area (Å²) in [4.78, 5) is 2.45. The maximum Gasteiger partial charge on any atom is 0.0131 e. The van der Waals surface area contributed by atoms with Crippen LogP contribution in [0.1, 0.15) is 45.4 Å². The van der Waals surface area contributed by atoms with Gasteiger partial charge in [0.25, 0.3) is 0 Å². The van der Waals surface area contributed by atoms with E-state index >= 15 is 0 Å². The molecule has 0 aromatic rings. The third-order valence-corrected chi connectivity index (χ3v) is 4.28. The van der Waals surface area contributed by atoms with Crippen molar-refractivity contribution in [2.24, 2.45) is 11.1 Å². The molecule has 2 heteroatoms. The average Bonchev–Trinajstić information content (AvgIpc) is 2.09. The van der Waals surface area contributed by atoms with Crippen LogP contribution < -0.4 is 5.73 Å². The molecule has 0 radical (unpaired) electrons. The minimum atomic E-state index is 0.119. The molecule has 14 heavy (non-hydrogen) atoms. The van der Waals surface area contributed by atoms with Gasteiger partial charge in [-0.2, -0.15) is 0 Å². The molecule has 2 N–H and O–H groups in total. The van der Waals surface area contributed by atoms with E-state index in [1.807, 2.05) is 0 Å². The van der Waals surface area contributed by atoms with Crippen molar-refractivity contribution in [1.29, 1.82) is 0 Å². The third kappa shape index (κ3) is 2.12. The summed E-state index contributed by atoms with van der Waals surface area (Å²) >= 11 is 0. The first-order chi connectivity index (χ1) is 6.52. The van der Waals surface area contributed by atoms with Gasteiger partial charge in [0.1, 0.15) is 0 Å². The van der Waals surface area contributed by atoms with Gasteiger partial charge in [-0.1, -0.05) is 6.42 Å². The summed E-state index contributed by atoms with van der Waals surface area (Å²) in [6.45, 7) is 4.79. The maximum atomic E-state index is 6.30. The number of hydrogen-bond acceptors (Lipinski definition) is 2. The normalized spacial score (nSPS) is 38.8. The molecule has 2 fully saturated rings. The zero-order chi connectivity index (χ0) is 10.2. The molecular formula is C12H24N2. The molecule has 82 valence electrons. The van der Waals surface area contributed by atoms with Crippen LogP contribution in [0.15, 0.2) is 0 Å². The Morgan fingerprint density at radius 1 is 1.07 bits per heavy atom. The number of rotatable bonds is 0. The molecule has 1 spiro atoms. The van der Waals surface area contributed by atoms with Crippen LogP contribution in [0, 0.1) is 5.41 Å². The minimum absolute atomic E-state index is 0.119. The lowest BCUT2D eigenvalue weighted by atomic mass is 9.63. The fourth-order valence-corrected chi connectivity index (χ4v) is 3.42. The molecule has 0 amide bonds. The highest BCUT2D eigenvalue weighted by Gasteiger charge is 2.41. The molecule has 2 nitrogen and oxygen atoms in total. The predicted molar refractivity (Wildman–Crippen MR) is 60.2 cm³/mol. The maximum absolute atomic E-state index is 6.30. The predicted octanol–water partition coefficient (Wildman–Crippen LogP) is 1.99. The highest BCUT2D eigenvalue weighted by atomic mass is 15.1. The van der Waals surface area contributed by atoms with E-state index in [1.54, 1.807) is 0 Å². The first-order valence-corrected chi connectivity index (χ1v) is 5.99. The second kappa shape index (κ2) is 3.49. The molecule has 1 saturated heterocycles. The fraction of sp³-hybridized carbons (Fsp3) is 1.00. The van der Waals surface area contributed by atoms with Crippen LogP contribution in [0.5, 0.6) is 0 Å². The van der Waals surface area contributed by atoms with Crippen LogP contribution in [-0.2, 0) is 0 Å². The van der Waals surface area contributed by atoms with Gasteiger partial charge in [0.15, 0.2) is 0 Å². The first-order valence-electron chi connectivity index (χ1n) is 5.99. The van der Waals surface area contributed by atoms with Crippen molar-refractivity contribution < 1.29 is 0 Å². The summed E-state index contributed by atoms with van der Waals surface area (Å²) in [6.07, 6.45) is 8.00. The highest BCUT2D eigenvalue weighted by Crippen LogP contribution is 2.47. The van der Waals surface area contributed by atoms with Crippen LogP contribution in [0.25, 0.3) is 0 Å². The minimum Gasteiger partial charge on any atom is -0.325 e. The van der Waals surface area contributed by atoms with E-state index in [2.05, 4.69) is 18.9 Å². The summed E-state index contributed by atoms with van der Waals surface area (Å²) in [6, 6.07) is 0. The van der Waals surface area contributed by atoms with Gasteiger partial charge in [-0.3, -0.25) is 0 Å². The second-order valence-corrected chi connectivity index (χ2v) is 5.99. The fourth-order valence-electron chi connectivity index (χ4n) is 3.42. The van der Waals surface area contributed by atoms with Crippen molar-refractivity contribution in [3.05, 3.63) is 0 Å². The largest absolute Gasteiger partial charge is 0.325 e. The highest BCUT2D eigenvalue weighted by molar-refractivity contribution is 4.97. The van der Waals surface area contributed by atoms with E-state index in [0.717, 1.165) is 0 Å². The van der Waals surface area contributed by atoms with Gasteiger partial charge in [-0.05, 0) is 64.6 Å². The lowest BCUT2D eigenvalue weighted by Crippen LogP contribution is -2.49. The number of piperidine rings is 1. The summed E-state index contributed by atoms with van der Waals surface area (Å²) < 4.78 is 0. The van der Waals surface area contributed by atoms with Gasteiger partial charge in [-0.15, -0.1) is 0 Å². The molecule has 1 unspecified atom stereocenters. The molecule has 1 saturated carbocycles. The summed E-state index contributed by atoms with van der Waals surface area (Å²) in [5.74, 6) is 0. The van der Waals surface area contributed by atoms with Crippen LogP contribution >= 0.6 is 0 Å². The van der Waals surface area contributed by atoms with Crippen molar-refractivity contribution in [3.8, 4) is 0 Å². The Hall–Kier alpha value is -0.0800. The van der Waals surface area contributed by atoms with Crippen molar-refractivity contribution in [3.63, 3.8) is 0 Å². The quantitative estimate of drug-likeness (QED) is 0.642. The van der Waals surface area contributed by atoms with Gasteiger partial charge >= 0.3 is 0 Å². The molecule has 0 aromatic carbocycles. The van der Waals surface area contributed by atoms with Crippen LogP contribution in [-0.4, -0.2) is 30.6 Å². The molecule has 1 aliphatic carbocycles. The monoisotopic (exact) mass is 196 g/mol. The Morgan fingerprint density at radius 2 is 1.71 bits per heavy atom. The average molecular weight is 196 g/mol. The number of likely N-dealkylation sites (tertiary alicyclic amines) is 1. The SMILES string of the molecule is CN1CCC2(CCCC(C)(N)C2)CC1. The summed E-state index contributed by atoms with van der Waals surface area (Å²) in [5, 5.41) is 0. The van der Waals surface area contributed by atoms with Gasteiger partial charge in [0.05, 0.1) is 0 Å². The summed E-state index contributed by atoms with van der Waals surface area (Å²) in [5.41, 5.74) is 7.03. The van der Waals surface area contributed by atoms with Gasteiger partial charge in [0.2, 0.25) is 0 Å². The first kappa shape index (κ1) is 10.4. The molecule has 1 heterocycles. The second-order valence-electron chi connectivity index (χ2n) is 5.99. The molecule has 2 rings (SSSR count). The summed E-state index contributed by atoms with van der Waals surface area (Å²) in [7, 11) is 2.23. The number of nitrogens with zero attached hydrogens (tertiary/aromatic N) is 1. The number of nitrogens with two attached hydrogens (primary N) is 1. The van der Waals surface area contributed by atoms with E-state index in [1.165, 1.54) is 51.6 Å². The number of hydrogen-bond donors (Lipinski definition) is 1. The van der Waals surface area contributed by atoms with E-state index in [4.69, 9.17) is 5.73 Å². The van der Waals surface area contributed by atoms with E-state index in [9.17, 15) is 0 Å². The van der Waals surface area contributed by atoms with E-state index in [0.29, 0.717) is 5.41 Å². The molecular weight excluding hydrogens is 172 g/mol. The van der Waals surface area contributed by atoms with Crippen LogP contribution in [0.2, 0.25) is 0 Å². The standard InChI is InChI=1S/C12H24N2/c1-11(13)4-3-5-12(10-11)6-8-14(2)9-7-12/h3-10,13H2,1-2H3. The smallest absolute Gasteiger partial charge is 0.0131 e. The Kier molecular flexibility index (Phi) is 2.61. The Labute approximate surface area is 87.8 Å². The Balaban J connectivity index is 2.01. The van der Waals surface area contributed by atoms with Crippen LogP contribution in [0.3, 0.4) is 0 Å².